The van der Waals surface area contributed by atoms with E-state index in [0.717, 1.165) is 11.4 Å². The van der Waals surface area contributed by atoms with E-state index >= 15 is 0 Å². The van der Waals surface area contributed by atoms with Gasteiger partial charge in [0.05, 0.1) is 12.1 Å². The first-order valence-corrected chi connectivity index (χ1v) is 7.29. The molecule has 0 spiro atoms. The second-order valence-electron chi connectivity index (χ2n) is 5.33. The molecular weight excluding hydrogens is 248 g/mol. The maximum Gasteiger partial charge on any atom is 0.360 e. The van der Waals surface area contributed by atoms with E-state index in [2.05, 4.69) is 24.1 Å². The van der Waals surface area contributed by atoms with Gasteiger partial charge in [0.1, 0.15) is 5.00 Å². The van der Waals surface area contributed by atoms with Gasteiger partial charge in [-0.15, -0.1) is 11.3 Å². The Labute approximate surface area is 112 Å². The summed E-state index contributed by atoms with van der Waals surface area (Å²) in [5, 5.41) is 4.32. The average Bonchev–Trinajstić information content (AvgIpc) is 2.87. The molecule has 0 aliphatic heterocycles. The van der Waals surface area contributed by atoms with Gasteiger partial charge in [0, 0.05) is 6.04 Å². The quantitative estimate of drug-likeness (QED) is 0.851. The number of carbonyl (C=O) groups is 1. The van der Waals surface area contributed by atoms with E-state index in [0.29, 0.717) is 18.3 Å². The SMILES string of the molecule is CCOC(=O)c1ncsc1NC1CCCC1(C)C. The summed E-state index contributed by atoms with van der Waals surface area (Å²) >= 11 is 1.47. The summed E-state index contributed by atoms with van der Waals surface area (Å²) < 4.78 is 5.01. The Morgan fingerprint density at radius 3 is 3.06 bits per heavy atom. The Hall–Kier alpha value is -1.10. The molecule has 0 aromatic carbocycles. The molecule has 18 heavy (non-hydrogen) atoms. The fourth-order valence-corrected chi connectivity index (χ4v) is 3.17. The van der Waals surface area contributed by atoms with Crippen LogP contribution >= 0.6 is 11.3 Å². The Kier molecular flexibility index (Phi) is 3.90. The van der Waals surface area contributed by atoms with Crippen molar-refractivity contribution in [2.24, 2.45) is 5.41 Å². The first kappa shape index (κ1) is 13.3. The van der Waals surface area contributed by atoms with Gasteiger partial charge >= 0.3 is 5.97 Å². The number of ether oxygens (including phenoxy) is 1. The van der Waals surface area contributed by atoms with Crippen molar-refractivity contribution in [2.75, 3.05) is 11.9 Å². The zero-order valence-electron chi connectivity index (χ0n) is 11.2. The summed E-state index contributed by atoms with van der Waals surface area (Å²) in [7, 11) is 0. The van der Waals surface area contributed by atoms with Gasteiger partial charge in [-0.1, -0.05) is 20.3 Å². The predicted octanol–water partition coefficient (Wildman–Crippen LogP) is 3.31. The number of nitrogens with one attached hydrogen (secondary N) is 1. The number of esters is 1. The molecule has 0 bridgehead atoms. The molecule has 2 rings (SSSR count). The van der Waals surface area contributed by atoms with Crippen molar-refractivity contribution in [1.29, 1.82) is 0 Å². The molecule has 5 heteroatoms. The maximum absolute atomic E-state index is 11.7. The van der Waals surface area contributed by atoms with E-state index in [-0.39, 0.29) is 11.4 Å². The highest BCUT2D eigenvalue weighted by Crippen LogP contribution is 2.40. The van der Waals surface area contributed by atoms with Crippen molar-refractivity contribution < 1.29 is 9.53 Å². The molecule has 1 aliphatic carbocycles. The molecule has 1 heterocycles. The van der Waals surface area contributed by atoms with Crippen LogP contribution in [-0.4, -0.2) is 23.6 Å². The smallest absolute Gasteiger partial charge is 0.360 e. The monoisotopic (exact) mass is 268 g/mol. The van der Waals surface area contributed by atoms with Crippen LogP contribution < -0.4 is 5.32 Å². The zero-order chi connectivity index (χ0) is 13.2. The van der Waals surface area contributed by atoms with Gasteiger partial charge in [0.25, 0.3) is 0 Å². The van der Waals surface area contributed by atoms with Gasteiger partial charge in [-0.3, -0.25) is 0 Å². The third-order valence-corrected chi connectivity index (χ3v) is 4.36. The van der Waals surface area contributed by atoms with E-state index < -0.39 is 0 Å². The first-order chi connectivity index (χ1) is 8.54. The van der Waals surface area contributed by atoms with Crippen LogP contribution in [0.1, 0.15) is 50.5 Å². The Balaban J connectivity index is 2.10. The summed E-state index contributed by atoms with van der Waals surface area (Å²) in [5.74, 6) is -0.336. The molecule has 0 radical (unpaired) electrons. The second kappa shape index (κ2) is 5.26. The van der Waals surface area contributed by atoms with Crippen molar-refractivity contribution in [2.45, 2.75) is 46.1 Å². The van der Waals surface area contributed by atoms with Crippen molar-refractivity contribution in [3.05, 3.63) is 11.2 Å². The fraction of sp³-hybridized carbons (Fsp3) is 0.692. The van der Waals surface area contributed by atoms with E-state index in [1.54, 1.807) is 12.4 Å². The number of thiazole rings is 1. The molecule has 1 saturated carbocycles. The lowest BCUT2D eigenvalue weighted by Gasteiger charge is -2.28. The van der Waals surface area contributed by atoms with Crippen LogP contribution in [-0.2, 0) is 4.74 Å². The summed E-state index contributed by atoms with van der Waals surface area (Å²) in [6, 6.07) is 0.408. The molecule has 1 aromatic rings. The standard InChI is InChI=1S/C13H20N2O2S/c1-4-17-12(16)10-11(18-8-14-10)15-9-6-5-7-13(9,2)3/h8-9,15H,4-7H2,1-3H3. The van der Waals surface area contributed by atoms with Gasteiger partial charge in [-0.25, -0.2) is 9.78 Å². The van der Waals surface area contributed by atoms with E-state index in [1.807, 2.05) is 0 Å². The molecule has 100 valence electrons. The molecule has 1 unspecified atom stereocenters. The third-order valence-electron chi connectivity index (χ3n) is 3.60. The zero-order valence-corrected chi connectivity index (χ0v) is 12.0. The largest absolute Gasteiger partial charge is 0.461 e. The molecule has 1 atom stereocenters. The number of hydrogen-bond acceptors (Lipinski definition) is 5. The number of carbonyl (C=O) groups excluding carboxylic acids is 1. The third kappa shape index (κ3) is 2.66. The molecule has 0 saturated heterocycles. The van der Waals surface area contributed by atoms with Crippen molar-refractivity contribution >= 4 is 22.3 Å². The minimum Gasteiger partial charge on any atom is -0.461 e. The summed E-state index contributed by atoms with van der Waals surface area (Å²) in [6.07, 6.45) is 3.60. The van der Waals surface area contributed by atoms with E-state index in [9.17, 15) is 4.79 Å². The van der Waals surface area contributed by atoms with E-state index in [1.165, 1.54) is 24.2 Å². The predicted molar refractivity (Wildman–Crippen MR) is 73.1 cm³/mol. The molecule has 1 aliphatic rings. The minimum atomic E-state index is -0.336. The Morgan fingerprint density at radius 1 is 1.67 bits per heavy atom. The Morgan fingerprint density at radius 2 is 2.44 bits per heavy atom. The van der Waals surface area contributed by atoms with Crippen LogP contribution in [0.4, 0.5) is 5.00 Å². The highest BCUT2D eigenvalue weighted by molar-refractivity contribution is 7.14. The van der Waals surface area contributed by atoms with Gasteiger partial charge in [0.2, 0.25) is 0 Å². The van der Waals surface area contributed by atoms with Crippen LogP contribution in [0.25, 0.3) is 0 Å². The number of nitrogens with zero attached hydrogens (tertiary/aromatic N) is 1. The molecule has 4 nitrogen and oxygen atoms in total. The lowest BCUT2D eigenvalue weighted by atomic mass is 9.87. The average molecular weight is 268 g/mol. The topological polar surface area (TPSA) is 51.2 Å². The van der Waals surface area contributed by atoms with Crippen LogP contribution in [0, 0.1) is 5.41 Å². The van der Waals surface area contributed by atoms with E-state index in [4.69, 9.17) is 4.74 Å². The summed E-state index contributed by atoms with van der Waals surface area (Å²) in [5.41, 5.74) is 2.39. The number of rotatable bonds is 4. The number of hydrogen-bond donors (Lipinski definition) is 1. The van der Waals surface area contributed by atoms with Gasteiger partial charge in [-0.2, -0.15) is 0 Å². The Bertz CT molecular complexity index is 428. The maximum atomic E-state index is 11.7. The van der Waals surface area contributed by atoms with Crippen molar-refractivity contribution in [3.63, 3.8) is 0 Å². The normalized spacial score (nSPS) is 21.8. The fourth-order valence-electron chi connectivity index (χ4n) is 2.45. The van der Waals surface area contributed by atoms with Crippen LogP contribution in [0.5, 0.6) is 0 Å². The molecule has 1 aromatic heterocycles. The van der Waals surface area contributed by atoms with Crippen molar-refractivity contribution in [1.82, 2.24) is 4.98 Å². The number of anilines is 1. The lowest BCUT2D eigenvalue weighted by Crippen LogP contribution is -2.31. The highest BCUT2D eigenvalue weighted by Gasteiger charge is 2.35. The van der Waals surface area contributed by atoms with Crippen LogP contribution in [0.2, 0.25) is 0 Å². The second-order valence-corrected chi connectivity index (χ2v) is 6.18. The van der Waals surface area contributed by atoms with Crippen LogP contribution in [0.15, 0.2) is 5.51 Å². The lowest BCUT2D eigenvalue weighted by molar-refractivity contribution is 0.0521. The minimum absolute atomic E-state index is 0.274. The summed E-state index contributed by atoms with van der Waals surface area (Å²) in [6.45, 7) is 6.72. The van der Waals surface area contributed by atoms with Gasteiger partial charge in [-0.05, 0) is 25.2 Å². The molecule has 0 amide bonds. The molecule has 1 fully saturated rings. The van der Waals surface area contributed by atoms with Gasteiger partial charge < -0.3 is 10.1 Å². The summed E-state index contributed by atoms with van der Waals surface area (Å²) in [4.78, 5) is 15.8. The van der Waals surface area contributed by atoms with Crippen LogP contribution in [0.3, 0.4) is 0 Å². The molecular formula is C13H20N2O2S. The van der Waals surface area contributed by atoms with Crippen molar-refractivity contribution in [3.8, 4) is 0 Å². The highest BCUT2D eigenvalue weighted by atomic mass is 32.1. The molecule has 1 N–H and O–H groups in total. The van der Waals surface area contributed by atoms with Gasteiger partial charge in [0.15, 0.2) is 5.69 Å². The first-order valence-electron chi connectivity index (χ1n) is 6.41. The number of aromatic nitrogens is 1.